The molecule has 0 aromatic carbocycles. The van der Waals surface area contributed by atoms with E-state index in [0.29, 0.717) is 0 Å². The van der Waals surface area contributed by atoms with Crippen molar-refractivity contribution in [2.75, 3.05) is 14.2 Å². The van der Waals surface area contributed by atoms with Crippen LogP contribution in [0.4, 0.5) is 0 Å². The van der Waals surface area contributed by atoms with Gasteiger partial charge in [-0.05, 0) is 11.8 Å². The number of rotatable bonds is 2. The molecule has 0 rings (SSSR count). The van der Waals surface area contributed by atoms with Crippen LogP contribution in [0.15, 0.2) is 0 Å². The molecule has 0 fully saturated rings. The smallest absolute Gasteiger partial charge is 0.243 e. The van der Waals surface area contributed by atoms with E-state index in [2.05, 4.69) is 33.1 Å². The van der Waals surface area contributed by atoms with Gasteiger partial charge in [-0.3, -0.25) is 0 Å². The molecule has 0 radical (unpaired) electrons. The van der Waals surface area contributed by atoms with Crippen LogP contribution in [0, 0.1) is 0 Å². The van der Waals surface area contributed by atoms with Gasteiger partial charge in [0.05, 0.1) is 0 Å². The molecule has 0 aliphatic carbocycles. The Morgan fingerprint density at radius 1 is 1.43 bits per heavy atom. The van der Waals surface area contributed by atoms with Crippen molar-refractivity contribution >= 4 is 29.7 Å². The first-order valence-corrected chi connectivity index (χ1v) is 5.36. The highest BCUT2D eigenvalue weighted by molar-refractivity contribution is 8.60. The molecule has 2 nitrogen and oxygen atoms in total. The highest BCUT2D eigenvalue weighted by Gasteiger charge is 2.04. The molecule has 0 N–H and O–H groups in total. The van der Waals surface area contributed by atoms with E-state index in [1.54, 1.807) is 0 Å². The summed E-state index contributed by atoms with van der Waals surface area (Å²) in [4.78, 5) is 0. The molecule has 0 heterocycles. The summed E-state index contributed by atoms with van der Waals surface area (Å²) in [5.74, 6) is 0. The molecule has 0 aliphatic heterocycles. The third kappa shape index (κ3) is 3.50. The summed E-state index contributed by atoms with van der Waals surface area (Å²) in [6.07, 6.45) is 0. The molecule has 0 unspecified atom stereocenters. The predicted molar refractivity (Wildman–Crippen MR) is 37.3 cm³/mol. The van der Waals surface area contributed by atoms with Gasteiger partial charge in [0.15, 0.2) is 0 Å². The fourth-order valence-corrected chi connectivity index (χ4v) is 0.224. The van der Waals surface area contributed by atoms with Crippen molar-refractivity contribution < 1.29 is 9.05 Å². The second kappa shape index (κ2) is 3.05. The van der Waals surface area contributed by atoms with Crippen LogP contribution in [-0.2, 0) is 20.9 Å². The van der Waals surface area contributed by atoms with E-state index < -0.39 is 5.69 Å². The first-order chi connectivity index (χ1) is 3.12. The van der Waals surface area contributed by atoms with E-state index in [-0.39, 0.29) is 0 Å². The summed E-state index contributed by atoms with van der Waals surface area (Å²) in [7, 11) is 2.97. The zero-order valence-corrected chi connectivity index (χ0v) is 6.72. The molecule has 0 spiro atoms. The zero-order chi connectivity index (χ0) is 5.91. The van der Waals surface area contributed by atoms with Crippen molar-refractivity contribution in [3.05, 3.63) is 0 Å². The first-order valence-electron chi connectivity index (χ1n) is 1.56. The summed E-state index contributed by atoms with van der Waals surface area (Å²) >= 11 is 8.54. The molecule has 7 heavy (non-hydrogen) atoms. The van der Waals surface area contributed by atoms with Crippen LogP contribution in [0.25, 0.3) is 0 Å². The van der Waals surface area contributed by atoms with Gasteiger partial charge in [0.1, 0.15) is 0 Å². The molecular weight excluding hydrogens is 153 g/mol. The van der Waals surface area contributed by atoms with Crippen molar-refractivity contribution in [2.24, 2.45) is 0 Å². The van der Waals surface area contributed by atoms with Crippen molar-refractivity contribution in [2.45, 2.75) is 0 Å². The van der Waals surface area contributed by atoms with Gasteiger partial charge in [0.2, 0.25) is 5.69 Å². The van der Waals surface area contributed by atoms with E-state index in [1.807, 2.05) is 0 Å². The quantitative estimate of drug-likeness (QED) is 0.374. The minimum atomic E-state index is -2.13. The fourth-order valence-electron chi connectivity index (χ4n) is 0.0745. The van der Waals surface area contributed by atoms with Crippen LogP contribution in [0.5, 0.6) is 0 Å². The van der Waals surface area contributed by atoms with Crippen molar-refractivity contribution in [3.8, 4) is 0 Å². The molecule has 0 atom stereocenters. The Bertz CT molecular complexity index is 85.7. The highest BCUT2D eigenvalue weighted by Crippen LogP contribution is 2.51. The van der Waals surface area contributed by atoms with Crippen LogP contribution in [0.3, 0.4) is 0 Å². The van der Waals surface area contributed by atoms with Crippen LogP contribution in [0.1, 0.15) is 0 Å². The van der Waals surface area contributed by atoms with Gasteiger partial charge >= 0.3 is 0 Å². The van der Waals surface area contributed by atoms with Crippen LogP contribution < -0.4 is 0 Å². The minimum Gasteiger partial charge on any atom is -0.325 e. The predicted octanol–water partition coefficient (Wildman–Crippen LogP) is 1.43. The SMILES string of the molecule is [13CH3]OP(=S)(S)O[13CH3]. The molecule has 0 aromatic heterocycles. The van der Waals surface area contributed by atoms with Gasteiger partial charge in [-0.1, -0.05) is 12.2 Å². The Balaban J connectivity index is 3.61. The third-order valence-electron chi connectivity index (χ3n) is 0.461. The van der Waals surface area contributed by atoms with E-state index in [4.69, 9.17) is 0 Å². The maximum absolute atomic E-state index is 4.68. The lowest BCUT2D eigenvalue weighted by Crippen LogP contribution is -1.76. The highest BCUT2D eigenvalue weighted by atomic mass is 32.9. The zero-order valence-electron chi connectivity index (χ0n) is 4.12. The minimum absolute atomic E-state index is 1.48. The summed E-state index contributed by atoms with van der Waals surface area (Å²) in [5.41, 5.74) is -2.13. The molecular formula is C2H7O2PS2. The summed E-state index contributed by atoms with van der Waals surface area (Å²) in [5, 5.41) is 0. The average molecular weight is 160 g/mol. The van der Waals surface area contributed by atoms with E-state index in [9.17, 15) is 0 Å². The van der Waals surface area contributed by atoms with Crippen molar-refractivity contribution in [3.63, 3.8) is 0 Å². The number of thiol groups is 1. The largest absolute Gasteiger partial charge is 0.325 e. The lowest BCUT2D eigenvalue weighted by Gasteiger charge is -2.07. The number of hydrogen-bond acceptors (Lipinski definition) is 3. The van der Waals surface area contributed by atoms with Crippen LogP contribution in [-0.4, -0.2) is 14.2 Å². The molecule has 0 saturated carbocycles. The lowest BCUT2D eigenvalue weighted by molar-refractivity contribution is 0.354. The third-order valence-corrected chi connectivity index (χ3v) is 3.26. The summed E-state index contributed by atoms with van der Waals surface area (Å²) in [6.45, 7) is 0. The second-order valence-electron chi connectivity index (χ2n) is 0.834. The Morgan fingerprint density at radius 2 is 1.71 bits per heavy atom. The monoisotopic (exact) mass is 160 g/mol. The van der Waals surface area contributed by atoms with Crippen molar-refractivity contribution in [1.29, 1.82) is 0 Å². The van der Waals surface area contributed by atoms with Gasteiger partial charge < -0.3 is 9.05 Å². The normalized spacial score (nSPS) is 11.9. The van der Waals surface area contributed by atoms with Crippen molar-refractivity contribution in [1.82, 2.24) is 0 Å². The molecule has 0 aromatic rings. The van der Waals surface area contributed by atoms with E-state index in [1.165, 1.54) is 14.2 Å². The van der Waals surface area contributed by atoms with Gasteiger partial charge in [0, 0.05) is 14.2 Å². The standard InChI is InChI=1S/C2H7O2PS2/c1-3-5(6,7)4-2/h1-2H3,(H,6,7)/i1+1,2+1. The Kier molecular flexibility index (Phi) is 3.45. The Labute approximate surface area is 53.5 Å². The van der Waals surface area contributed by atoms with Crippen LogP contribution in [0.2, 0.25) is 0 Å². The first kappa shape index (κ1) is 7.92. The van der Waals surface area contributed by atoms with E-state index in [0.717, 1.165) is 0 Å². The Morgan fingerprint density at radius 3 is 1.71 bits per heavy atom. The average Bonchev–Trinajstić information content (AvgIpc) is 1.68. The maximum atomic E-state index is 4.68. The topological polar surface area (TPSA) is 18.5 Å². The molecule has 0 aliphatic rings. The summed E-state index contributed by atoms with van der Waals surface area (Å²) < 4.78 is 9.31. The molecule has 0 amide bonds. The maximum Gasteiger partial charge on any atom is 0.243 e. The van der Waals surface area contributed by atoms with Gasteiger partial charge in [-0.2, -0.15) is 0 Å². The molecule has 0 saturated heterocycles. The summed E-state index contributed by atoms with van der Waals surface area (Å²) in [6, 6.07) is 0. The van der Waals surface area contributed by atoms with Gasteiger partial charge in [0.25, 0.3) is 0 Å². The molecule has 5 heteroatoms. The molecule has 0 bridgehead atoms. The molecule has 44 valence electrons. The number of hydrogen-bond donors (Lipinski definition) is 1. The van der Waals surface area contributed by atoms with Crippen LogP contribution >= 0.6 is 17.9 Å². The lowest BCUT2D eigenvalue weighted by atomic mass is 12.7. The van der Waals surface area contributed by atoms with E-state index >= 15 is 0 Å². The fraction of sp³-hybridized carbons (Fsp3) is 1.00. The Hall–Kier alpha value is 0.920. The van der Waals surface area contributed by atoms with Gasteiger partial charge in [-0.25, -0.2) is 0 Å². The second-order valence-corrected chi connectivity index (χ2v) is 6.33. The van der Waals surface area contributed by atoms with Gasteiger partial charge in [-0.15, -0.1) is 0 Å².